The summed E-state index contributed by atoms with van der Waals surface area (Å²) in [4.78, 5) is 2.22. The fraction of sp³-hybridized carbons (Fsp3) is 0.462. The predicted octanol–water partition coefficient (Wildman–Crippen LogP) is 1.67. The van der Waals surface area contributed by atoms with Crippen LogP contribution in [0.3, 0.4) is 0 Å². The quantitative estimate of drug-likeness (QED) is 0.816. The Bertz CT molecular complexity index is 453. The maximum absolute atomic E-state index is 14.0. The monoisotopic (exact) mass is 268 g/mol. The molecule has 3 nitrogen and oxygen atoms in total. The SMILES string of the molecule is NC(=S)c1ccc(N2CCC(CCO)C2)c(F)c1. The molecule has 98 valence electrons. The molecular weight excluding hydrogens is 251 g/mol. The third kappa shape index (κ3) is 2.79. The maximum Gasteiger partial charge on any atom is 0.147 e. The first-order valence-electron chi connectivity index (χ1n) is 6.07. The van der Waals surface area contributed by atoms with Crippen molar-refractivity contribution in [1.29, 1.82) is 0 Å². The van der Waals surface area contributed by atoms with Crippen LogP contribution in [0.1, 0.15) is 18.4 Å². The molecule has 1 fully saturated rings. The van der Waals surface area contributed by atoms with Gasteiger partial charge in [0.15, 0.2) is 0 Å². The minimum absolute atomic E-state index is 0.196. The van der Waals surface area contributed by atoms with E-state index in [1.165, 1.54) is 6.07 Å². The molecule has 5 heteroatoms. The second-order valence-corrected chi connectivity index (χ2v) is 5.08. The summed E-state index contributed by atoms with van der Waals surface area (Å²) < 4.78 is 14.0. The first kappa shape index (κ1) is 13.2. The molecule has 0 aromatic heterocycles. The molecule has 1 heterocycles. The minimum atomic E-state index is -0.287. The van der Waals surface area contributed by atoms with Gasteiger partial charge in [-0.1, -0.05) is 12.2 Å². The summed E-state index contributed by atoms with van der Waals surface area (Å²) in [5.41, 5.74) is 6.62. The number of thiocarbonyl (C=S) groups is 1. The van der Waals surface area contributed by atoms with Crippen LogP contribution >= 0.6 is 12.2 Å². The molecule has 1 atom stereocenters. The van der Waals surface area contributed by atoms with Crippen LogP contribution in [0.15, 0.2) is 18.2 Å². The first-order valence-corrected chi connectivity index (χ1v) is 6.48. The lowest BCUT2D eigenvalue weighted by molar-refractivity contribution is 0.263. The van der Waals surface area contributed by atoms with Crippen molar-refractivity contribution >= 4 is 22.9 Å². The lowest BCUT2D eigenvalue weighted by atomic mass is 10.1. The molecule has 1 aromatic carbocycles. The highest BCUT2D eigenvalue weighted by Crippen LogP contribution is 2.28. The third-order valence-electron chi connectivity index (χ3n) is 3.40. The molecule has 1 aliphatic heterocycles. The Morgan fingerprint density at radius 2 is 2.33 bits per heavy atom. The summed E-state index contributed by atoms with van der Waals surface area (Å²) >= 11 is 4.82. The molecule has 0 aliphatic carbocycles. The van der Waals surface area contributed by atoms with Crippen LogP contribution < -0.4 is 10.6 Å². The van der Waals surface area contributed by atoms with Gasteiger partial charge in [-0.2, -0.15) is 0 Å². The number of halogens is 1. The summed E-state index contributed by atoms with van der Waals surface area (Å²) in [5, 5.41) is 8.91. The summed E-state index contributed by atoms with van der Waals surface area (Å²) in [6.07, 6.45) is 1.78. The van der Waals surface area contributed by atoms with E-state index in [0.29, 0.717) is 17.2 Å². The fourth-order valence-corrected chi connectivity index (χ4v) is 2.51. The number of hydrogen-bond acceptors (Lipinski definition) is 3. The van der Waals surface area contributed by atoms with Crippen LogP contribution in [0.2, 0.25) is 0 Å². The number of benzene rings is 1. The molecule has 1 aromatic rings. The maximum atomic E-state index is 14.0. The van der Waals surface area contributed by atoms with Crippen molar-refractivity contribution < 1.29 is 9.50 Å². The Labute approximate surface area is 111 Å². The van der Waals surface area contributed by atoms with E-state index in [1.807, 2.05) is 4.90 Å². The Hall–Kier alpha value is -1.20. The zero-order valence-electron chi connectivity index (χ0n) is 10.1. The Balaban J connectivity index is 2.12. The average molecular weight is 268 g/mol. The zero-order chi connectivity index (χ0) is 13.1. The van der Waals surface area contributed by atoms with Gasteiger partial charge in [0.25, 0.3) is 0 Å². The van der Waals surface area contributed by atoms with Crippen molar-refractivity contribution in [2.75, 3.05) is 24.6 Å². The summed E-state index contributed by atoms with van der Waals surface area (Å²) in [6.45, 7) is 1.82. The van der Waals surface area contributed by atoms with Crippen molar-refractivity contribution in [2.45, 2.75) is 12.8 Å². The number of hydrogen-bond donors (Lipinski definition) is 2. The summed E-state index contributed by atoms with van der Waals surface area (Å²) in [5.74, 6) is 0.162. The van der Waals surface area contributed by atoms with Gasteiger partial charge >= 0.3 is 0 Å². The Morgan fingerprint density at radius 3 is 2.94 bits per heavy atom. The normalized spacial score (nSPS) is 19.2. The van der Waals surface area contributed by atoms with Crippen molar-refractivity contribution in [3.63, 3.8) is 0 Å². The molecule has 0 amide bonds. The van der Waals surface area contributed by atoms with Gasteiger partial charge in [-0.3, -0.25) is 0 Å². The molecule has 0 bridgehead atoms. The van der Waals surface area contributed by atoms with E-state index in [-0.39, 0.29) is 17.4 Å². The first-order chi connectivity index (χ1) is 8.61. The average Bonchev–Trinajstić information content (AvgIpc) is 2.77. The molecule has 1 aliphatic rings. The number of anilines is 1. The van der Waals surface area contributed by atoms with Gasteiger partial charge < -0.3 is 15.7 Å². The third-order valence-corrected chi connectivity index (χ3v) is 3.63. The van der Waals surface area contributed by atoms with Crippen LogP contribution in [0.4, 0.5) is 10.1 Å². The van der Waals surface area contributed by atoms with E-state index in [1.54, 1.807) is 12.1 Å². The van der Waals surface area contributed by atoms with Gasteiger partial charge in [0, 0.05) is 25.3 Å². The molecule has 0 radical (unpaired) electrons. The van der Waals surface area contributed by atoms with Crippen LogP contribution in [0, 0.1) is 11.7 Å². The standard InChI is InChI=1S/C13H17FN2OS/c14-11-7-10(13(15)18)1-2-12(11)16-5-3-9(8-16)4-6-17/h1-2,7,9,17H,3-6,8H2,(H2,15,18). The lowest BCUT2D eigenvalue weighted by Gasteiger charge is -2.19. The van der Waals surface area contributed by atoms with Crippen molar-refractivity contribution in [3.05, 3.63) is 29.6 Å². The molecule has 3 N–H and O–H groups in total. The Morgan fingerprint density at radius 1 is 1.56 bits per heavy atom. The van der Waals surface area contributed by atoms with E-state index in [0.717, 1.165) is 25.9 Å². The van der Waals surface area contributed by atoms with Gasteiger partial charge in [0.05, 0.1) is 5.69 Å². The van der Waals surface area contributed by atoms with E-state index in [2.05, 4.69) is 0 Å². The second-order valence-electron chi connectivity index (χ2n) is 4.64. The summed E-state index contributed by atoms with van der Waals surface area (Å²) in [7, 11) is 0. The van der Waals surface area contributed by atoms with E-state index < -0.39 is 0 Å². The zero-order valence-corrected chi connectivity index (χ0v) is 10.9. The number of nitrogens with two attached hydrogens (primary N) is 1. The van der Waals surface area contributed by atoms with Crippen LogP contribution in [0.25, 0.3) is 0 Å². The number of rotatable bonds is 4. The molecule has 0 spiro atoms. The number of aliphatic hydroxyl groups is 1. The number of aliphatic hydroxyl groups excluding tert-OH is 1. The molecular formula is C13H17FN2OS. The molecule has 1 unspecified atom stereocenters. The Kier molecular flexibility index (Phi) is 4.14. The van der Waals surface area contributed by atoms with Gasteiger partial charge in [0.1, 0.15) is 10.8 Å². The molecule has 18 heavy (non-hydrogen) atoms. The summed E-state index contributed by atoms with van der Waals surface area (Å²) in [6, 6.07) is 4.86. The van der Waals surface area contributed by atoms with Gasteiger partial charge in [0.2, 0.25) is 0 Å². The van der Waals surface area contributed by atoms with Crippen molar-refractivity contribution in [3.8, 4) is 0 Å². The molecule has 1 saturated heterocycles. The molecule has 2 rings (SSSR count). The highest BCUT2D eigenvalue weighted by atomic mass is 32.1. The smallest absolute Gasteiger partial charge is 0.147 e. The molecule has 0 saturated carbocycles. The van der Waals surface area contributed by atoms with Gasteiger partial charge in [-0.05, 0) is 37.0 Å². The van der Waals surface area contributed by atoms with E-state index in [9.17, 15) is 4.39 Å². The lowest BCUT2D eigenvalue weighted by Crippen LogP contribution is -2.21. The van der Waals surface area contributed by atoms with Gasteiger partial charge in [-0.25, -0.2) is 4.39 Å². The van der Waals surface area contributed by atoms with E-state index in [4.69, 9.17) is 23.1 Å². The van der Waals surface area contributed by atoms with Gasteiger partial charge in [-0.15, -0.1) is 0 Å². The second kappa shape index (κ2) is 5.63. The largest absolute Gasteiger partial charge is 0.396 e. The fourth-order valence-electron chi connectivity index (χ4n) is 2.39. The van der Waals surface area contributed by atoms with Crippen LogP contribution in [-0.4, -0.2) is 29.8 Å². The highest BCUT2D eigenvalue weighted by molar-refractivity contribution is 7.80. The predicted molar refractivity (Wildman–Crippen MR) is 74.3 cm³/mol. The topological polar surface area (TPSA) is 49.5 Å². The van der Waals surface area contributed by atoms with E-state index >= 15 is 0 Å². The minimum Gasteiger partial charge on any atom is -0.396 e. The van der Waals surface area contributed by atoms with Crippen molar-refractivity contribution in [2.24, 2.45) is 11.7 Å². The van der Waals surface area contributed by atoms with Crippen LogP contribution in [-0.2, 0) is 0 Å². The highest BCUT2D eigenvalue weighted by Gasteiger charge is 2.24. The number of nitrogens with zero attached hydrogens (tertiary/aromatic N) is 1. The van der Waals surface area contributed by atoms with Crippen molar-refractivity contribution in [1.82, 2.24) is 0 Å². The van der Waals surface area contributed by atoms with Crippen LogP contribution in [0.5, 0.6) is 0 Å².